The minimum absolute atomic E-state index is 0.0453. The van der Waals surface area contributed by atoms with Gasteiger partial charge in [0, 0.05) is 23.8 Å². The van der Waals surface area contributed by atoms with Crippen LogP contribution in [-0.4, -0.2) is 53.4 Å². The van der Waals surface area contributed by atoms with E-state index in [9.17, 15) is 18.0 Å². The third-order valence-electron chi connectivity index (χ3n) is 4.94. The Labute approximate surface area is 169 Å². The van der Waals surface area contributed by atoms with Crippen LogP contribution < -0.4 is 4.90 Å². The molecule has 0 spiro atoms. The van der Waals surface area contributed by atoms with Crippen molar-refractivity contribution in [2.24, 2.45) is 4.99 Å². The number of carboxylic acid groups (broad SMARTS) is 1. The number of sulfone groups is 1. The van der Waals surface area contributed by atoms with Gasteiger partial charge in [0.25, 0.3) is 0 Å². The topological polar surface area (TPSA) is 104 Å². The van der Waals surface area contributed by atoms with E-state index in [0.29, 0.717) is 5.17 Å². The molecule has 1 aromatic rings. The summed E-state index contributed by atoms with van der Waals surface area (Å²) in [6, 6.07) is 3.83. The van der Waals surface area contributed by atoms with Gasteiger partial charge in [0.2, 0.25) is 5.91 Å². The maximum atomic E-state index is 12.3. The summed E-state index contributed by atoms with van der Waals surface area (Å²) in [6.07, 6.45) is 0.219. The van der Waals surface area contributed by atoms with Gasteiger partial charge in [-0.3, -0.25) is 9.59 Å². The van der Waals surface area contributed by atoms with Gasteiger partial charge in [-0.15, -0.1) is 0 Å². The second kappa shape index (κ2) is 7.87. The number of hydrogen-bond acceptors (Lipinski definition) is 5. The number of aliphatic imine (C=N–C) groups is 1. The highest BCUT2D eigenvalue weighted by molar-refractivity contribution is 8.16. The van der Waals surface area contributed by atoms with Crippen molar-refractivity contribution in [3.63, 3.8) is 0 Å². The zero-order valence-electron chi connectivity index (χ0n) is 16.1. The van der Waals surface area contributed by atoms with E-state index in [1.54, 1.807) is 0 Å². The lowest BCUT2D eigenvalue weighted by Crippen LogP contribution is -2.38. The summed E-state index contributed by atoms with van der Waals surface area (Å²) in [7, 11) is -3.12. The molecular weight excluding hydrogens is 400 g/mol. The SMILES string of the molecule is Cc1cc(C)c(N2C(=NC(=O)CCCC(=O)O)S[C@H]3CS(=O)(=O)C[C@@H]32)c(C)c1. The van der Waals surface area contributed by atoms with Gasteiger partial charge in [0.1, 0.15) is 0 Å². The first-order valence-electron chi connectivity index (χ1n) is 9.15. The second-order valence-electron chi connectivity index (χ2n) is 7.45. The third-order valence-corrected chi connectivity index (χ3v) is 8.15. The van der Waals surface area contributed by atoms with E-state index in [2.05, 4.69) is 4.99 Å². The van der Waals surface area contributed by atoms with Gasteiger partial charge in [0.05, 0.1) is 17.5 Å². The smallest absolute Gasteiger partial charge is 0.303 e. The highest BCUT2D eigenvalue weighted by Gasteiger charge is 2.50. The first kappa shape index (κ1) is 20.9. The van der Waals surface area contributed by atoms with Crippen molar-refractivity contribution in [2.45, 2.75) is 51.3 Å². The lowest BCUT2D eigenvalue weighted by atomic mass is 10.0. The monoisotopic (exact) mass is 424 g/mol. The molecule has 7 nitrogen and oxygen atoms in total. The summed E-state index contributed by atoms with van der Waals surface area (Å²) in [5, 5.41) is 9.08. The minimum Gasteiger partial charge on any atom is -0.481 e. The molecule has 2 aliphatic rings. The van der Waals surface area contributed by atoms with Crippen LogP contribution in [0, 0.1) is 20.8 Å². The number of thioether (sulfide) groups is 1. The van der Waals surface area contributed by atoms with Crippen LogP contribution in [0.1, 0.15) is 36.0 Å². The predicted octanol–water partition coefficient (Wildman–Crippen LogP) is 2.47. The Morgan fingerprint density at radius 2 is 1.82 bits per heavy atom. The van der Waals surface area contributed by atoms with Crippen LogP contribution in [0.4, 0.5) is 5.69 Å². The van der Waals surface area contributed by atoms with E-state index in [-0.39, 0.29) is 48.0 Å². The fourth-order valence-electron chi connectivity index (χ4n) is 3.93. The van der Waals surface area contributed by atoms with Gasteiger partial charge >= 0.3 is 5.97 Å². The molecule has 0 unspecified atom stereocenters. The molecular formula is C19H24N2O5S2. The standard InChI is InChI=1S/C19H24N2O5S2/c1-11-7-12(2)18(13(3)8-11)21-14-9-28(25,26)10-15(14)27-19(21)20-16(22)5-4-6-17(23)24/h7-8,14-15H,4-6,9-10H2,1-3H3,(H,23,24)/t14-,15-/m0/s1. The molecule has 2 atom stereocenters. The second-order valence-corrected chi connectivity index (χ2v) is 10.8. The average Bonchev–Trinajstić information content (AvgIpc) is 2.98. The van der Waals surface area contributed by atoms with Crippen molar-refractivity contribution < 1.29 is 23.1 Å². The number of amides is 1. The summed E-state index contributed by atoms with van der Waals surface area (Å²) < 4.78 is 24.4. The number of benzene rings is 1. The maximum absolute atomic E-state index is 12.3. The summed E-state index contributed by atoms with van der Waals surface area (Å²) in [4.78, 5) is 29.1. The van der Waals surface area contributed by atoms with E-state index < -0.39 is 15.8 Å². The van der Waals surface area contributed by atoms with Crippen LogP contribution >= 0.6 is 11.8 Å². The molecule has 0 saturated carbocycles. The number of carbonyl (C=O) groups is 2. The first-order chi connectivity index (χ1) is 13.1. The van der Waals surface area contributed by atoms with Crippen molar-refractivity contribution in [3.05, 3.63) is 28.8 Å². The molecule has 2 aliphatic heterocycles. The van der Waals surface area contributed by atoms with Gasteiger partial charge in [-0.2, -0.15) is 4.99 Å². The molecule has 2 fully saturated rings. The Balaban J connectivity index is 1.95. The van der Waals surface area contributed by atoms with Crippen molar-refractivity contribution in [2.75, 3.05) is 16.4 Å². The number of nitrogens with zero attached hydrogens (tertiary/aromatic N) is 2. The molecule has 9 heteroatoms. The number of amidine groups is 1. The summed E-state index contributed by atoms with van der Waals surface area (Å²) in [5.41, 5.74) is 4.03. The fraction of sp³-hybridized carbons (Fsp3) is 0.526. The van der Waals surface area contributed by atoms with E-state index in [1.807, 2.05) is 37.8 Å². The van der Waals surface area contributed by atoms with Crippen molar-refractivity contribution in [1.29, 1.82) is 0 Å². The lowest BCUT2D eigenvalue weighted by molar-refractivity contribution is -0.137. The Hall–Kier alpha value is -1.87. The first-order valence-corrected chi connectivity index (χ1v) is 11.8. The number of carbonyl (C=O) groups excluding carboxylic acids is 1. The molecule has 0 aliphatic carbocycles. The molecule has 0 radical (unpaired) electrons. The lowest BCUT2D eigenvalue weighted by Gasteiger charge is -2.28. The Morgan fingerprint density at radius 3 is 2.43 bits per heavy atom. The van der Waals surface area contributed by atoms with Gasteiger partial charge < -0.3 is 10.0 Å². The molecule has 0 bridgehead atoms. The predicted molar refractivity (Wildman–Crippen MR) is 111 cm³/mol. The molecule has 2 saturated heterocycles. The highest BCUT2D eigenvalue weighted by atomic mass is 32.2. The number of aliphatic carboxylic acids is 1. The minimum atomic E-state index is -3.12. The van der Waals surface area contributed by atoms with Crippen LogP contribution in [0.2, 0.25) is 0 Å². The van der Waals surface area contributed by atoms with Crippen LogP contribution in [0.5, 0.6) is 0 Å². The number of anilines is 1. The number of fused-ring (bicyclic) bond motifs is 1. The zero-order chi connectivity index (χ0) is 20.6. The Morgan fingerprint density at radius 1 is 1.18 bits per heavy atom. The highest BCUT2D eigenvalue weighted by Crippen LogP contribution is 2.43. The van der Waals surface area contributed by atoms with Gasteiger partial charge in [-0.25, -0.2) is 8.42 Å². The average molecular weight is 425 g/mol. The van der Waals surface area contributed by atoms with Crippen molar-refractivity contribution in [3.8, 4) is 0 Å². The quantitative estimate of drug-likeness (QED) is 0.774. The molecule has 28 heavy (non-hydrogen) atoms. The number of carboxylic acids is 1. The van der Waals surface area contributed by atoms with E-state index in [4.69, 9.17) is 5.11 Å². The van der Waals surface area contributed by atoms with Crippen molar-refractivity contribution >= 4 is 44.3 Å². The van der Waals surface area contributed by atoms with Gasteiger partial charge in [0.15, 0.2) is 15.0 Å². The molecule has 3 rings (SSSR count). The van der Waals surface area contributed by atoms with E-state index in [1.165, 1.54) is 11.8 Å². The van der Waals surface area contributed by atoms with E-state index in [0.717, 1.165) is 22.4 Å². The fourth-order valence-corrected chi connectivity index (χ4v) is 7.85. The van der Waals surface area contributed by atoms with Crippen molar-refractivity contribution in [1.82, 2.24) is 0 Å². The van der Waals surface area contributed by atoms with Gasteiger partial charge in [-0.1, -0.05) is 29.5 Å². The Bertz CT molecular complexity index is 932. The molecule has 0 aromatic heterocycles. The van der Waals surface area contributed by atoms with Crippen LogP contribution in [0.25, 0.3) is 0 Å². The number of aryl methyl sites for hydroxylation is 3. The molecule has 1 aromatic carbocycles. The molecule has 152 valence electrons. The van der Waals surface area contributed by atoms with Gasteiger partial charge in [-0.05, 0) is 38.3 Å². The summed E-state index contributed by atoms with van der Waals surface area (Å²) in [6.45, 7) is 5.96. The third kappa shape index (κ3) is 4.41. The molecule has 1 amide bonds. The zero-order valence-corrected chi connectivity index (χ0v) is 17.8. The number of rotatable bonds is 5. The molecule has 1 N–H and O–H groups in total. The summed E-state index contributed by atoms with van der Waals surface area (Å²) >= 11 is 1.34. The normalized spacial score (nSPS) is 24.5. The number of hydrogen-bond donors (Lipinski definition) is 1. The van der Waals surface area contributed by atoms with Crippen LogP contribution in [-0.2, 0) is 19.4 Å². The largest absolute Gasteiger partial charge is 0.481 e. The van der Waals surface area contributed by atoms with E-state index >= 15 is 0 Å². The van der Waals surface area contributed by atoms with Crippen LogP contribution in [0.15, 0.2) is 17.1 Å². The van der Waals surface area contributed by atoms with Crippen LogP contribution in [0.3, 0.4) is 0 Å². The summed E-state index contributed by atoms with van der Waals surface area (Å²) in [5.74, 6) is -1.19. The Kier molecular flexibility index (Phi) is 5.86. The molecule has 2 heterocycles. The maximum Gasteiger partial charge on any atom is 0.303 e.